The molecular formula is C7H12O5. The average Bonchev–Trinajstić information content (AvgIpc) is 2.05. The van der Waals surface area contributed by atoms with Crippen LogP contribution in [0.25, 0.3) is 0 Å². The Labute approximate surface area is 70.3 Å². The highest BCUT2D eigenvalue weighted by atomic mass is 16.6. The van der Waals surface area contributed by atoms with E-state index < -0.39 is 24.0 Å². The number of carboxylic acids is 1. The van der Waals surface area contributed by atoms with Gasteiger partial charge < -0.3 is 14.6 Å². The lowest BCUT2D eigenvalue weighted by atomic mass is 10.1. The van der Waals surface area contributed by atoms with Gasteiger partial charge in [0.2, 0.25) is 0 Å². The molecule has 12 heavy (non-hydrogen) atoms. The number of methoxy groups -OCH3 is 2. The van der Waals surface area contributed by atoms with Crippen LogP contribution in [-0.4, -0.2) is 37.4 Å². The zero-order valence-electron chi connectivity index (χ0n) is 7.23. The SMILES string of the molecule is COC(=O)C(OC)C(C)C(=O)O. The molecule has 0 saturated carbocycles. The molecule has 0 aliphatic rings. The average molecular weight is 176 g/mol. The quantitative estimate of drug-likeness (QED) is 0.605. The lowest BCUT2D eigenvalue weighted by Gasteiger charge is -2.15. The number of carbonyl (C=O) groups excluding carboxylic acids is 1. The highest BCUT2D eigenvalue weighted by Gasteiger charge is 2.30. The van der Waals surface area contributed by atoms with Gasteiger partial charge in [-0.15, -0.1) is 0 Å². The summed E-state index contributed by atoms with van der Waals surface area (Å²) in [5, 5.41) is 8.54. The minimum atomic E-state index is -1.09. The van der Waals surface area contributed by atoms with Gasteiger partial charge in [0.15, 0.2) is 6.10 Å². The summed E-state index contributed by atoms with van der Waals surface area (Å²) in [5.41, 5.74) is 0. The van der Waals surface area contributed by atoms with E-state index in [-0.39, 0.29) is 0 Å². The molecule has 0 saturated heterocycles. The Hall–Kier alpha value is -1.10. The van der Waals surface area contributed by atoms with E-state index in [1.165, 1.54) is 21.1 Å². The molecule has 2 atom stereocenters. The number of ether oxygens (including phenoxy) is 2. The second-order valence-electron chi connectivity index (χ2n) is 2.31. The zero-order chi connectivity index (χ0) is 9.72. The van der Waals surface area contributed by atoms with Gasteiger partial charge in [0.05, 0.1) is 13.0 Å². The van der Waals surface area contributed by atoms with Crippen LogP contribution in [0.3, 0.4) is 0 Å². The molecule has 0 aromatic heterocycles. The second kappa shape index (κ2) is 4.71. The van der Waals surface area contributed by atoms with E-state index in [4.69, 9.17) is 5.11 Å². The topological polar surface area (TPSA) is 72.8 Å². The summed E-state index contributed by atoms with van der Waals surface area (Å²) in [6, 6.07) is 0. The molecule has 1 N–H and O–H groups in total. The van der Waals surface area contributed by atoms with E-state index in [0.717, 1.165) is 0 Å². The van der Waals surface area contributed by atoms with Crippen molar-refractivity contribution in [2.75, 3.05) is 14.2 Å². The molecule has 2 unspecified atom stereocenters. The van der Waals surface area contributed by atoms with Crippen LogP contribution in [0.4, 0.5) is 0 Å². The number of aliphatic carboxylic acids is 1. The largest absolute Gasteiger partial charge is 0.481 e. The minimum Gasteiger partial charge on any atom is -0.481 e. The highest BCUT2D eigenvalue weighted by molar-refractivity contribution is 5.82. The van der Waals surface area contributed by atoms with E-state index in [2.05, 4.69) is 9.47 Å². The maximum atomic E-state index is 10.9. The smallest absolute Gasteiger partial charge is 0.335 e. The summed E-state index contributed by atoms with van der Waals surface area (Å²) in [5.74, 6) is -2.66. The molecule has 5 nitrogen and oxygen atoms in total. The van der Waals surface area contributed by atoms with Crippen molar-refractivity contribution >= 4 is 11.9 Å². The van der Waals surface area contributed by atoms with Gasteiger partial charge >= 0.3 is 11.9 Å². The Kier molecular flexibility index (Phi) is 4.28. The van der Waals surface area contributed by atoms with Gasteiger partial charge in [-0.2, -0.15) is 0 Å². The molecule has 0 aromatic rings. The van der Waals surface area contributed by atoms with E-state index in [1.807, 2.05) is 0 Å². The minimum absolute atomic E-state index is 0.674. The Bertz CT molecular complexity index is 177. The first kappa shape index (κ1) is 10.9. The fourth-order valence-corrected chi connectivity index (χ4v) is 0.750. The summed E-state index contributed by atoms with van der Waals surface area (Å²) < 4.78 is 9.02. The van der Waals surface area contributed by atoms with Crippen LogP contribution in [0.2, 0.25) is 0 Å². The molecule has 0 heterocycles. The van der Waals surface area contributed by atoms with Crippen molar-refractivity contribution in [1.29, 1.82) is 0 Å². The number of hydrogen-bond acceptors (Lipinski definition) is 4. The molecule has 0 aromatic carbocycles. The molecular weight excluding hydrogens is 164 g/mol. The fraction of sp³-hybridized carbons (Fsp3) is 0.714. The molecule has 0 aliphatic heterocycles. The van der Waals surface area contributed by atoms with Crippen molar-refractivity contribution in [2.24, 2.45) is 5.92 Å². The Morgan fingerprint density at radius 2 is 1.83 bits per heavy atom. The van der Waals surface area contributed by atoms with E-state index in [1.54, 1.807) is 0 Å². The number of hydrogen-bond donors (Lipinski definition) is 1. The molecule has 0 fully saturated rings. The van der Waals surface area contributed by atoms with Crippen LogP contribution in [0, 0.1) is 5.92 Å². The predicted octanol–water partition coefficient (Wildman–Crippen LogP) is -0.105. The summed E-state index contributed by atoms with van der Waals surface area (Å²) in [6.45, 7) is 1.38. The standard InChI is InChI=1S/C7H12O5/c1-4(6(8)9)5(11-2)7(10)12-3/h4-5H,1-3H3,(H,8,9). The van der Waals surface area contributed by atoms with Crippen LogP contribution in [0.5, 0.6) is 0 Å². The van der Waals surface area contributed by atoms with Crippen LogP contribution in [0.15, 0.2) is 0 Å². The normalized spacial score (nSPS) is 14.9. The zero-order valence-corrected chi connectivity index (χ0v) is 7.23. The maximum absolute atomic E-state index is 10.9. The first-order valence-corrected chi connectivity index (χ1v) is 3.38. The van der Waals surface area contributed by atoms with Crippen molar-refractivity contribution in [1.82, 2.24) is 0 Å². The van der Waals surface area contributed by atoms with Gasteiger partial charge in [0.1, 0.15) is 0 Å². The third-order valence-electron chi connectivity index (χ3n) is 1.53. The van der Waals surface area contributed by atoms with Gasteiger partial charge in [0.25, 0.3) is 0 Å². The molecule has 0 spiro atoms. The van der Waals surface area contributed by atoms with Crippen LogP contribution in [-0.2, 0) is 19.1 Å². The fourth-order valence-electron chi connectivity index (χ4n) is 0.750. The molecule has 70 valence electrons. The van der Waals surface area contributed by atoms with E-state index in [9.17, 15) is 9.59 Å². The molecule has 5 heteroatoms. The van der Waals surface area contributed by atoms with Crippen LogP contribution >= 0.6 is 0 Å². The van der Waals surface area contributed by atoms with Gasteiger partial charge in [-0.1, -0.05) is 0 Å². The number of carbonyl (C=O) groups is 2. The maximum Gasteiger partial charge on any atom is 0.335 e. The Morgan fingerprint density at radius 1 is 1.33 bits per heavy atom. The third kappa shape index (κ3) is 2.50. The summed E-state index contributed by atoms with van der Waals surface area (Å²) in [7, 11) is 2.45. The number of rotatable bonds is 4. The first-order valence-electron chi connectivity index (χ1n) is 3.38. The van der Waals surface area contributed by atoms with Gasteiger partial charge in [0, 0.05) is 7.11 Å². The van der Waals surface area contributed by atoms with Gasteiger partial charge in [-0.05, 0) is 6.92 Å². The van der Waals surface area contributed by atoms with Crippen LogP contribution < -0.4 is 0 Å². The number of carboxylic acid groups (broad SMARTS) is 1. The van der Waals surface area contributed by atoms with Crippen molar-refractivity contribution < 1.29 is 24.2 Å². The summed E-state index contributed by atoms with van der Waals surface area (Å²) in [6.07, 6.45) is -1.03. The predicted molar refractivity (Wildman–Crippen MR) is 39.6 cm³/mol. The van der Waals surface area contributed by atoms with Crippen molar-refractivity contribution in [3.8, 4) is 0 Å². The molecule has 0 aliphatic carbocycles. The van der Waals surface area contributed by atoms with Crippen molar-refractivity contribution in [3.05, 3.63) is 0 Å². The van der Waals surface area contributed by atoms with E-state index in [0.29, 0.717) is 0 Å². The summed E-state index contributed by atoms with van der Waals surface area (Å²) >= 11 is 0. The monoisotopic (exact) mass is 176 g/mol. The molecule has 0 radical (unpaired) electrons. The third-order valence-corrected chi connectivity index (χ3v) is 1.53. The first-order chi connectivity index (χ1) is 5.54. The molecule has 0 rings (SSSR count). The van der Waals surface area contributed by atoms with Gasteiger partial charge in [-0.3, -0.25) is 4.79 Å². The lowest BCUT2D eigenvalue weighted by molar-refractivity contribution is -0.163. The van der Waals surface area contributed by atoms with Crippen molar-refractivity contribution in [2.45, 2.75) is 13.0 Å². The van der Waals surface area contributed by atoms with Crippen molar-refractivity contribution in [3.63, 3.8) is 0 Å². The second-order valence-corrected chi connectivity index (χ2v) is 2.31. The Balaban J connectivity index is 4.33. The highest BCUT2D eigenvalue weighted by Crippen LogP contribution is 2.08. The van der Waals surface area contributed by atoms with Crippen LogP contribution in [0.1, 0.15) is 6.92 Å². The summed E-state index contributed by atoms with van der Waals surface area (Å²) in [4.78, 5) is 21.3. The molecule has 0 bridgehead atoms. The Morgan fingerprint density at radius 3 is 2.08 bits per heavy atom. The molecule has 0 amide bonds. The van der Waals surface area contributed by atoms with Gasteiger partial charge in [-0.25, -0.2) is 4.79 Å². The lowest BCUT2D eigenvalue weighted by Crippen LogP contribution is -2.35. The van der Waals surface area contributed by atoms with E-state index >= 15 is 0 Å². The number of esters is 1.